The summed E-state index contributed by atoms with van der Waals surface area (Å²) in [6.45, 7) is 0.351. The van der Waals surface area contributed by atoms with Gasteiger partial charge in [-0.25, -0.2) is 0 Å². The Morgan fingerprint density at radius 1 is 0.548 bits per heavy atom. The fraction of sp³-hybridized carbons (Fsp3) is 0.241. The molecule has 5 rings (SSSR count). The lowest BCUT2D eigenvalue weighted by molar-refractivity contribution is 0.247. The van der Waals surface area contributed by atoms with Gasteiger partial charge in [0.25, 0.3) is 0 Å². The fourth-order valence-corrected chi connectivity index (χ4v) is 5.65. The summed E-state index contributed by atoms with van der Waals surface area (Å²) in [5, 5.41) is 22.0. The van der Waals surface area contributed by atoms with Crippen LogP contribution in [0.4, 0.5) is 0 Å². The number of hydrogen-bond acceptors (Lipinski definition) is 2. The van der Waals surface area contributed by atoms with E-state index in [1.54, 1.807) is 0 Å². The van der Waals surface area contributed by atoms with Crippen molar-refractivity contribution in [3.8, 4) is 22.3 Å². The summed E-state index contributed by atoms with van der Waals surface area (Å²) in [6, 6.07) is 30.5. The minimum Gasteiger partial charge on any atom is -0.396 e. The highest BCUT2D eigenvalue weighted by molar-refractivity contribution is 6.00. The van der Waals surface area contributed by atoms with Crippen molar-refractivity contribution < 1.29 is 10.2 Å². The van der Waals surface area contributed by atoms with Crippen LogP contribution in [0.25, 0.3) is 33.0 Å². The predicted molar refractivity (Wildman–Crippen MR) is 128 cm³/mol. The second-order valence-corrected chi connectivity index (χ2v) is 8.54. The van der Waals surface area contributed by atoms with Crippen molar-refractivity contribution in [2.75, 3.05) is 13.2 Å². The maximum atomic E-state index is 9.74. The van der Waals surface area contributed by atoms with Gasteiger partial charge in [-0.1, -0.05) is 84.9 Å². The third kappa shape index (κ3) is 3.18. The first kappa shape index (κ1) is 20.0. The van der Waals surface area contributed by atoms with Gasteiger partial charge in [0.15, 0.2) is 0 Å². The molecule has 2 nitrogen and oxygen atoms in total. The van der Waals surface area contributed by atoms with Crippen molar-refractivity contribution in [2.24, 2.45) is 0 Å². The van der Waals surface area contributed by atoms with Crippen LogP contribution >= 0.6 is 0 Å². The molecular weight excluding hydrogens is 380 g/mol. The van der Waals surface area contributed by atoms with Crippen molar-refractivity contribution in [3.63, 3.8) is 0 Å². The highest BCUT2D eigenvalue weighted by atomic mass is 16.3. The summed E-state index contributed by atoms with van der Waals surface area (Å²) < 4.78 is 0. The van der Waals surface area contributed by atoms with Gasteiger partial charge >= 0.3 is 0 Å². The molecule has 1 aliphatic carbocycles. The second kappa shape index (κ2) is 8.30. The Bertz CT molecular complexity index is 1210. The summed E-state index contributed by atoms with van der Waals surface area (Å²) in [5.41, 5.74) is 7.58. The lowest BCUT2D eigenvalue weighted by atomic mass is 9.69. The second-order valence-electron chi connectivity index (χ2n) is 8.54. The van der Waals surface area contributed by atoms with Crippen molar-refractivity contribution in [1.82, 2.24) is 0 Å². The average Bonchev–Trinajstić information content (AvgIpc) is 3.11. The highest BCUT2D eigenvalue weighted by Crippen LogP contribution is 2.56. The summed E-state index contributed by atoms with van der Waals surface area (Å²) >= 11 is 0. The molecule has 2 heteroatoms. The monoisotopic (exact) mass is 408 g/mol. The van der Waals surface area contributed by atoms with Gasteiger partial charge in [0.2, 0.25) is 0 Å². The molecule has 1 aliphatic rings. The maximum absolute atomic E-state index is 9.74. The molecule has 0 atom stereocenters. The van der Waals surface area contributed by atoms with Crippen LogP contribution in [0.3, 0.4) is 0 Å². The molecule has 0 aliphatic heterocycles. The van der Waals surface area contributed by atoms with Crippen molar-refractivity contribution in [2.45, 2.75) is 31.1 Å². The van der Waals surface area contributed by atoms with E-state index in [9.17, 15) is 10.2 Å². The summed E-state index contributed by atoms with van der Waals surface area (Å²) in [7, 11) is 0. The third-order valence-electron chi connectivity index (χ3n) is 6.88. The zero-order valence-corrected chi connectivity index (χ0v) is 17.7. The van der Waals surface area contributed by atoms with Gasteiger partial charge in [0, 0.05) is 18.6 Å². The molecule has 4 aromatic carbocycles. The summed E-state index contributed by atoms with van der Waals surface area (Å²) in [6.07, 6.45) is 3.22. The van der Waals surface area contributed by atoms with Gasteiger partial charge < -0.3 is 10.2 Å². The molecule has 0 heterocycles. The van der Waals surface area contributed by atoms with Crippen molar-refractivity contribution >= 4 is 10.8 Å². The molecule has 0 bridgehead atoms. The molecular formula is C29H28O2. The Balaban J connectivity index is 1.83. The van der Waals surface area contributed by atoms with Gasteiger partial charge in [-0.3, -0.25) is 0 Å². The fourth-order valence-electron chi connectivity index (χ4n) is 5.65. The van der Waals surface area contributed by atoms with E-state index < -0.39 is 0 Å². The molecule has 0 saturated carbocycles. The molecule has 0 radical (unpaired) electrons. The first-order valence-electron chi connectivity index (χ1n) is 11.2. The smallest absolute Gasteiger partial charge is 0.0431 e. The number of hydrogen-bond donors (Lipinski definition) is 2. The van der Waals surface area contributed by atoms with E-state index >= 15 is 0 Å². The van der Waals surface area contributed by atoms with Crippen LogP contribution in [0, 0.1) is 0 Å². The lowest BCUT2D eigenvalue weighted by Crippen LogP contribution is -2.27. The molecule has 0 saturated heterocycles. The van der Waals surface area contributed by atoms with Gasteiger partial charge in [0.1, 0.15) is 0 Å². The SMILES string of the molecule is OCCCC1(CCCO)c2ccccc2-c2cccc(-c3cccc4ccccc34)c21. The maximum Gasteiger partial charge on any atom is 0.0431 e. The predicted octanol–water partition coefficient (Wildman–Crippen LogP) is 6.32. The van der Waals surface area contributed by atoms with E-state index in [0.717, 1.165) is 25.7 Å². The van der Waals surface area contributed by atoms with Crippen LogP contribution in [0.2, 0.25) is 0 Å². The Morgan fingerprint density at radius 2 is 1.10 bits per heavy atom. The van der Waals surface area contributed by atoms with E-state index in [4.69, 9.17) is 0 Å². The summed E-state index contributed by atoms with van der Waals surface area (Å²) in [4.78, 5) is 0. The standard InChI is InChI=1S/C29H28O2/c30-19-7-17-29(18-8-20-31)27-16-4-3-12-24(27)26-15-6-14-25(28(26)29)23-13-5-10-21-9-1-2-11-22(21)23/h1-6,9-16,30-31H,7-8,17-20H2. The quantitative estimate of drug-likeness (QED) is 0.376. The van der Waals surface area contributed by atoms with Crippen LogP contribution in [0.1, 0.15) is 36.8 Å². The molecule has 0 unspecified atom stereocenters. The Kier molecular flexibility index (Phi) is 5.35. The van der Waals surface area contributed by atoms with E-state index in [1.165, 1.54) is 44.2 Å². The van der Waals surface area contributed by atoms with Crippen LogP contribution in [0.5, 0.6) is 0 Å². The topological polar surface area (TPSA) is 40.5 Å². The van der Waals surface area contributed by atoms with Crippen LogP contribution < -0.4 is 0 Å². The number of rotatable bonds is 7. The van der Waals surface area contributed by atoms with Crippen LogP contribution in [-0.4, -0.2) is 23.4 Å². The Labute approximate surface area is 183 Å². The normalized spacial score (nSPS) is 13.9. The number of aliphatic hydroxyl groups excluding tert-OH is 2. The van der Waals surface area contributed by atoms with Gasteiger partial charge in [-0.05, 0) is 69.8 Å². The number of aliphatic hydroxyl groups is 2. The first-order valence-corrected chi connectivity index (χ1v) is 11.2. The van der Waals surface area contributed by atoms with Crippen LogP contribution in [-0.2, 0) is 5.41 Å². The molecule has 0 amide bonds. The van der Waals surface area contributed by atoms with Crippen molar-refractivity contribution in [1.29, 1.82) is 0 Å². The molecule has 31 heavy (non-hydrogen) atoms. The lowest BCUT2D eigenvalue weighted by Gasteiger charge is -2.34. The third-order valence-corrected chi connectivity index (χ3v) is 6.88. The number of benzene rings is 4. The van der Waals surface area contributed by atoms with Crippen LogP contribution in [0.15, 0.2) is 84.9 Å². The van der Waals surface area contributed by atoms with E-state index in [2.05, 4.69) is 84.9 Å². The van der Waals surface area contributed by atoms with Gasteiger partial charge in [-0.2, -0.15) is 0 Å². The first-order chi connectivity index (χ1) is 15.3. The average molecular weight is 409 g/mol. The minimum atomic E-state index is -0.203. The minimum absolute atomic E-state index is 0.175. The zero-order valence-electron chi connectivity index (χ0n) is 17.7. The molecule has 4 aromatic rings. The highest BCUT2D eigenvalue weighted by Gasteiger charge is 2.43. The molecule has 0 fully saturated rings. The molecule has 0 aromatic heterocycles. The molecule has 0 spiro atoms. The number of fused-ring (bicyclic) bond motifs is 4. The zero-order chi connectivity index (χ0) is 21.3. The summed E-state index contributed by atoms with van der Waals surface area (Å²) in [5.74, 6) is 0. The largest absolute Gasteiger partial charge is 0.396 e. The van der Waals surface area contributed by atoms with E-state index in [-0.39, 0.29) is 18.6 Å². The van der Waals surface area contributed by atoms with Gasteiger partial charge in [-0.15, -0.1) is 0 Å². The Morgan fingerprint density at radius 3 is 1.87 bits per heavy atom. The van der Waals surface area contributed by atoms with Crippen molar-refractivity contribution in [3.05, 3.63) is 96.1 Å². The van der Waals surface area contributed by atoms with E-state index in [0.29, 0.717) is 0 Å². The van der Waals surface area contributed by atoms with Gasteiger partial charge in [0.05, 0.1) is 0 Å². The molecule has 156 valence electrons. The Hall–Kier alpha value is -2.94. The molecule has 2 N–H and O–H groups in total. The van der Waals surface area contributed by atoms with E-state index in [1.807, 2.05) is 0 Å².